The highest BCUT2D eigenvalue weighted by Crippen LogP contribution is 2.26. The lowest BCUT2D eigenvalue weighted by molar-refractivity contribution is -0.135. The summed E-state index contributed by atoms with van der Waals surface area (Å²) in [7, 11) is -1.96. The van der Waals surface area contributed by atoms with E-state index in [1.807, 2.05) is 42.5 Å². The summed E-state index contributed by atoms with van der Waals surface area (Å²) < 4.78 is 27.4. The number of rotatable bonds is 8. The number of piperidine rings is 1. The zero-order valence-electron chi connectivity index (χ0n) is 19.7. The molecule has 0 spiro atoms. The number of nitrogens with zero attached hydrogens (tertiary/aromatic N) is 4. The smallest absolute Gasteiger partial charge is 0.244 e. The van der Waals surface area contributed by atoms with E-state index in [0.29, 0.717) is 19.4 Å². The third-order valence-corrected chi connectivity index (χ3v) is 8.40. The maximum atomic E-state index is 13.0. The molecule has 182 valence electrons. The summed E-state index contributed by atoms with van der Waals surface area (Å²) in [4.78, 5) is 14.7. The number of H-pyrrole nitrogens is 1. The molecule has 2 aromatic carbocycles. The largest absolute Gasteiger partial charge is 0.346 e. The lowest BCUT2D eigenvalue weighted by Crippen LogP contribution is -2.43. The number of aromatic amines is 1. The van der Waals surface area contributed by atoms with Gasteiger partial charge in [-0.25, -0.2) is 8.42 Å². The van der Waals surface area contributed by atoms with Crippen molar-refractivity contribution in [3.8, 4) is 17.3 Å². The zero-order chi connectivity index (χ0) is 24.8. The third-order valence-electron chi connectivity index (χ3n) is 6.44. The predicted octanol–water partition coefficient (Wildman–Crippen LogP) is 3.44. The van der Waals surface area contributed by atoms with Gasteiger partial charge in [0.05, 0.1) is 16.2 Å². The topological polar surface area (TPSA) is 110 Å². The molecule has 4 rings (SSSR count). The molecule has 8 nitrogen and oxygen atoms in total. The van der Waals surface area contributed by atoms with Crippen LogP contribution in [0.5, 0.6) is 0 Å². The van der Waals surface area contributed by atoms with Crippen molar-refractivity contribution in [2.75, 3.05) is 26.7 Å². The molecule has 0 aliphatic carbocycles. The number of amides is 1. The minimum Gasteiger partial charge on any atom is -0.346 e. The van der Waals surface area contributed by atoms with Crippen molar-refractivity contribution in [1.29, 1.82) is 5.26 Å². The van der Waals surface area contributed by atoms with E-state index in [0.717, 1.165) is 29.8 Å². The SMILES string of the molecule is CN(CCCc1cc(-c2ccccc2)n[nH]1)C(=O)C1CCN(S(=O)(=O)c2ccccc2C#N)CC1. The first-order chi connectivity index (χ1) is 16.9. The number of carbonyl (C=O) groups excluding carboxylic acids is 1. The van der Waals surface area contributed by atoms with E-state index < -0.39 is 10.0 Å². The summed E-state index contributed by atoms with van der Waals surface area (Å²) in [6.45, 7) is 1.15. The van der Waals surface area contributed by atoms with Gasteiger partial charge in [-0.2, -0.15) is 14.7 Å². The van der Waals surface area contributed by atoms with Crippen LogP contribution in [-0.2, 0) is 21.2 Å². The molecule has 0 saturated carbocycles. The third kappa shape index (κ3) is 5.61. The molecule has 1 aromatic heterocycles. The average Bonchev–Trinajstić information content (AvgIpc) is 3.37. The minimum absolute atomic E-state index is 0.0265. The molecule has 1 saturated heterocycles. The molecule has 2 heterocycles. The van der Waals surface area contributed by atoms with Gasteiger partial charge >= 0.3 is 0 Å². The van der Waals surface area contributed by atoms with Gasteiger partial charge in [0.15, 0.2) is 0 Å². The highest BCUT2D eigenvalue weighted by atomic mass is 32.2. The Morgan fingerprint density at radius 1 is 1.14 bits per heavy atom. The van der Waals surface area contributed by atoms with Crippen LogP contribution in [0.15, 0.2) is 65.6 Å². The van der Waals surface area contributed by atoms with Gasteiger partial charge in [-0.1, -0.05) is 42.5 Å². The fourth-order valence-electron chi connectivity index (χ4n) is 4.44. The second-order valence-corrected chi connectivity index (χ2v) is 10.7. The van der Waals surface area contributed by atoms with Crippen LogP contribution in [0, 0.1) is 17.2 Å². The van der Waals surface area contributed by atoms with Gasteiger partial charge in [-0.3, -0.25) is 9.89 Å². The highest BCUT2D eigenvalue weighted by Gasteiger charge is 2.34. The number of sulfonamides is 1. The van der Waals surface area contributed by atoms with E-state index in [2.05, 4.69) is 10.2 Å². The van der Waals surface area contributed by atoms with Gasteiger partial charge in [0.25, 0.3) is 0 Å². The molecule has 3 aromatic rings. The molecule has 1 aliphatic heterocycles. The van der Waals surface area contributed by atoms with E-state index in [9.17, 15) is 18.5 Å². The van der Waals surface area contributed by atoms with Gasteiger partial charge in [-0.05, 0) is 43.9 Å². The minimum atomic E-state index is -3.76. The molecule has 1 N–H and O–H groups in total. The number of carbonyl (C=O) groups is 1. The Balaban J connectivity index is 1.26. The van der Waals surface area contributed by atoms with Crippen LogP contribution >= 0.6 is 0 Å². The molecule has 0 atom stereocenters. The van der Waals surface area contributed by atoms with Crippen LogP contribution < -0.4 is 0 Å². The first-order valence-corrected chi connectivity index (χ1v) is 13.2. The van der Waals surface area contributed by atoms with E-state index in [1.165, 1.54) is 16.4 Å². The Morgan fingerprint density at radius 2 is 1.83 bits per heavy atom. The van der Waals surface area contributed by atoms with Crippen molar-refractivity contribution in [2.24, 2.45) is 5.92 Å². The number of hydrogen-bond donors (Lipinski definition) is 1. The Hall–Kier alpha value is -3.48. The number of nitrogens with one attached hydrogen (secondary N) is 1. The molecular formula is C26H29N5O3S. The summed E-state index contributed by atoms with van der Waals surface area (Å²) >= 11 is 0. The van der Waals surface area contributed by atoms with Gasteiger partial charge in [0.2, 0.25) is 15.9 Å². The van der Waals surface area contributed by atoms with Crippen molar-refractivity contribution in [3.63, 3.8) is 0 Å². The summed E-state index contributed by atoms with van der Waals surface area (Å²) in [6.07, 6.45) is 2.53. The van der Waals surface area contributed by atoms with Crippen LogP contribution in [0.1, 0.15) is 30.5 Å². The lowest BCUT2D eigenvalue weighted by atomic mass is 9.96. The first-order valence-electron chi connectivity index (χ1n) is 11.7. The van der Waals surface area contributed by atoms with Gasteiger partial charge in [-0.15, -0.1) is 0 Å². The Bertz CT molecular complexity index is 1310. The number of hydrogen-bond acceptors (Lipinski definition) is 5. The van der Waals surface area contributed by atoms with Crippen molar-refractivity contribution in [1.82, 2.24) is 19.4 Å². The second kappa shape index (κ2) is 10.8. The molecule has 0 radical (unpaired) electrons. The molecule has 1 fully saturated rings. The highest BCUT2D eigenvalue weighted by molar-refractivity contribution is 7.89. The summed E-state index contributed by atoms with van der Waals surface area (Å²) in [5, 5.41) is 16.7. The quantitative estimate of drug-likeness (QED) is 0.519. The molecule has 35 heavy (non-hydrogen) atoms. The van der Waals surface area contributed by atoms with Gasteiger partial charge in [0.1, 0.15) is 6.07 Å². The maximum absolute atomic E-state index is 13.0. The maximum Gasteiger partial charge on any atom is 0.244 e. The monoisotopic (exact) mass is 491 g/mol. The van der Waals surface area contributed by atoms with Crippen LogP contribution in [0.25, 0.3) is 11.3 Å². The number of aromatic nitrogens is 2. The number of nitriles is 1. The normalized spacial score (nSPS) is 15.0. The molecule has 1 amide bonds. The molecule has 1 aliphatic rings. The van der Waals surface area contributed by atoms with Crippen LogP contribution in [0.2, 0.25) is 0 Å². The molecule has 0 unspecified atom stereocenters. The van der Waals surface area contributed by atoms with Crippen molar-refractivity contribution >= 4 is 15.9 Å². The van der Waals surface area contributed by atoms with Crippen LogP contribution in [-0.4, -0.2) is 60.4 Å². The van der Waals surface area contributed by atoms with Crippen molar-refractivity contribution in [2.45, 2.75) is 30.6 Å². The summed E-state index contributed by atoms with van der Waals surface area (Å²) in [5.41, 5.74) is 3.13. The van der Waals surface area contributed by atoms with Gasteiger partial charge < -0.3 is 4.90 Å². The van der Waals surface area contributed by atoms with E-state index in [1.54, 1.807) is 24.1 Å². The fourth-order valence-corrected chi connectivity index (χ4v) is 6.05. The first kappa shape index (κ1) is 24.6. The van der Waals surface area contributed by atoms with Gasteiger partial charge in [0, 0.05) is 43.9 Å². The Labute approximate surface area is 206 Å². The zero-order valence-corrected chi connectivity index (χ0v) is 20.5. The molecular weight excluding hydrogens is 462 g/mol. The van der Waals surface area contributed by atoms with Crippen molar-refractivity contribution < 1.29 is 13.2 Å². The van der Waals surface area contributed by atoms with Crippen molar-refractivity contribution in [3.05, 3.63) is 71.9 Å². The second-order valence-electron chi connectivity index (χ2n) is 8.79. The predicted molar refractivity (Wildman–Crippen MR) is 133 cm³/mol. The Kier molecular flexibility index (Phi) is 7.63. The fraction of sp³-hybridized carbons (Fsp3) is 0.346. The number of benzene rings is 2. The standard InChI is InChI=1S/C26H29N5O3S/c1-30(15-7-11-23-18-24(29-28-23)20-8-3-2-4-9-20)26(32)21-13-16-31(17-14-21)35(33,34)25-12-6-5-10-22(25)19-27/h2-6,8-10,12,18,21H,7,11,13-17H2,1H3,(H,28,29). The Morgan fingerprint density at radius 3 is 2.54 bits per heavy atom. The number of aryl methyl sites for hydroxylation is 1. The average molecular weight is 492 g/mol. The molecule has 9 heteroatoms. The van der Waals surface area contributed by atoms with Crippen LogP contribution in [0.4, 0.5) is 0 Å². The lowest BCUT2D eigenvalue weighted by Gasteiger charge is -2.32. The van der Waals surface area contributed by atoms with E-state index in [4.69, 9.17) is 0 Å². The van der Waals surface area contributed by atoms with E-state index >= 15 is 0 Å². The molecule has 0 bridgehead atoms. The summed E-state index contributed by atoms with van der Waals surface area (Å²) in [5.74, 6) is -0.149. The van der Waals surface area contributed by atoms with Crippen LogP contribution in [0.3, 0.4) is 0 Å². The van der Waals surface area contributed by atoms with E-state index in [-0.39, 0.29) is 35.4 Å². The summed E-state index contributed by atoms with van der Waals surface area (Å²) in [6, 6.07) is 20.2.